The largest absolute Gasteiger partial charge is 0.462 e. The Hall–Kier alpha value is -1.77. The number of ether oxygens (including phenoxy) is 2. The highest BCUT2D eigenvalue weighted by molar-refractivity contribution is 7.18. The lowest BCUT2D eigenvalue weighted by Crippen LogP contribution is -2.35. The van der Waals surface area contributed by atoms with Gasteiger partial charge >= 0.3 is 5.97 Å². The molecular weight excluding hydrogens is 378 g/mol. The molecule has 3 rings (SSSR count). The van der Waals surface area contributed by atoms with E-state index >= 15 is 0 Å². The van der Waals surface area contributed by atoms with Crippen molar-refractivity contribution in [3.63, 3.8) is 0 Å². The number of aryl methyl sites for hydroxylation is 1. The first-order chi connectivity index (χ1) is 13.3. The van der Waals surface area contributed by atoms with Crippen molar-refractivity contribution in [2.24, 2.45) is 5.92 Å². The minimum Gasteiger partial charge on any atom is -0.462 e. The van der Waals surface area contributed by atoms with Crippen molar-refractivity contribution in [2.45, 2.75) is 45.7 Å². The third-order valence-corrected chi connectivity index (χ3v) is 6.30. The maximum absolute atomic E-state index is 13.5. The Morgan fingerprint density at radius 3 is 2.82 bits per heavy atom. The molecule has 1 aliphatic carbocycles. The van der Waals surface area contributed by atoms with Crippen LogP contribution in [-0.2, 0) is 33.7 Å². The van der Waals surface area contributed by atoms with Crippen molar-refractivity contribution in [1.82, 2.24) is 14.5 Å². The van der Waals surface area contributed by atoms with Gasteiger partial charge in [0.15, 0.2) is 0 Å². The van der Waals surface area contributed by atoms with Crippen LogP contribution in [-0.4, -0.2) is 54.8 Å². The average molecular weight is 408 g/mol. The Kier molecular flexibility index (Phi) is 6.52. The summed E-state index contributed by atoms with van der Waals surface area (Å²) in [5.74, 6) is 0.766. The number of hydrogen-bond donors (Lipinski definition) is 0. The zero-order valence-corrected chi connectivity index (χ0v) is 18.1. The van der Waals surface area contributed by atoms with E-state index in [4.69, 9.17) is 14.5 Å². The molecule has 0 radical (unpaired) electrons. The van der Waals surface area contributed by atoms with E-state index in [1.54, 1.807) is 25.4 Å². The monoisotopic (exact) mass is 407 g/mol. The number of aromatic nitrogens is 2. The number of carbonyl (C=O) groups is 1. The summed E-state index contributed by atoms with van der Waals surface area (Å²) < 4.78 is 11.7. The molecule has 154 valence electrons. The lowest BCUT2D eigenvalue weighted by atomic mass is 9.89. The predicted molar refractivity (Wildman–Crippen MR) is 110 cm³/mol. The van der Waals surface area contributed by atoms with Gasteiger partial charge in [0, 0.05) is 12.0 Å². The third kappa shape index (κ3) is 4.14. The molecule has 8 heteroatoms. The van der Waals surface area contributed by atoms with Gasteiger partial charge in [0.05, 0.1) is 18.5 Å². The number of nitrogens with zero attached hydrogens (tertiary/aromatic N) is 3. The fourth-order valence-electron chi connectivity index (χ4n) is 3.69. The smallest absolute Gasteiger partial charge is 0.329 e. The standard InChI is InChI=1S/C20H29N3O4S/c1-12-6-7-14-15(10-12)28-18-17(14)19(24)23(16(21-18)11-22(3)4)13(2)20(25)27-9-8-26-5/h12-13H,6-11H2,1-5H3. The minimum atomic E-state index is -0.741. The summed E-state index contributed by atoms with van der Waals surface area (Å²) >= 11 is 1.63. The molecule has 0 bridgehead atoms. The van der Waals surface area contributed by atoms with E-state index in [-0.39, 0.29) is 12.2 Å². The van der Waals surface area contributed by atoms with Gasteiger partial charge in [0.2, 0.25) is 0 Å². The first-order valence-corrected chi connectivity index (χ1v) is 10.5. The van der Waals surface area contributed by atoms with Crippen LogP contribution < -0.4 is 5.56 Å². The fourth-order valence-corrected chi connectivity index (χ4v) is 5.08. The van der Waals surface area contributed by atoms with Crippen LogP contribution in [0.25, 0.3) is 10.2 Å². The molecule has 28 heavy (non-hydrogen) atoms. The number of carbonyl (C=O) groups excluding carboxylic acids is 1. The Labute approximate surface area is 169 Å². The van der Waals surface area contributed by atoms with Crippen LogP contribution in [0.4, 0.5) is 0 Å². The topological polar surface area (TPSA) is 73.7 Å². The van der Waals surface area contributed by atoms with Gasteiger partial charge in [0.1, 0.15) is 23.3 Å². The molecular formula is C20H29N3O4S. The molecule has 2 heterocycles. The molecule has 0 fully saturated rings. The van der Waals surface area contributed by atoms with Gasteiger partial charge in [-0.05, 0) is 51.8 Å². The highest BCUT2D eigenvalue weighted by Crippen LogP contribution is 2.36. The molecule has 2 aromatic heterocycles. The van der Waals surface area contributed by atoms with Gasteiger partial charge in [-0.15, -0.1) is 11.3 Å². The Bertz CT molecular complexity index is 918. The van der Waals surface area contributed by atoms with Gasteiger partial charge in [-0.2, -0.15) is 0 Å². The predicted octanol–water partition coefficient (Wildman–Crippen LogP) is 2.40. The van der Waals surface area contributed by atoms with Gasteiger partial charge in [-0.25, -0.2) is 9.78 Å². The van der Waals surface area contributed by atoms with Crippen molar-refractivity contribution in [3.05, 3.63) is 26.6 Å². The summed E-state index contributed by atoms with van der Waals surface area (Å²) in [5.41, 5.74) is 0.991. The van der Waals surface area contributed by atoms with Crippen LogP contribution in [0.5, 0.6) is 0 Å². The molecule has 0 aromatic carbocycles. The molecule has 0 amide bonds. The van der Waals surface area contributed by atoms with Crippen LogP contribution in [0.15, 0.2) is 4.79 Å². The van der Waals surface area contributed by atoms with Crippen molar-refractivity contribution in [3.8, 4) is 0 Å². The molecule has 0 aliphatic heterocycles. The maximum Gasteiger partial charge on any atom is 0.329 e. The van der Waals surface area contributed by atoms with Gasteiger partial charge in [-0.1, -0.05) is 6.92 Å². The van der Waals surface area contributed by atoms with Crippen LogP contribution in [0, 0.1) is 5.92 Å². The second-order valence-corrected chi connectivity index (χ2v) is 8.89. The van der Waals surface area contributed by atoms with Gasteiger partial charge in [0.25, 0.3) is 5.56 Å². The number of hydrogen-bond acceptors (Lipinski definition) is 7. The first kappa shape index (κ1) is 21.0. The molecule has 2 unspecified atom stereocenters. The minimum absolute atomic E-state index is 0.134. The maximum atomic E-state index is 13.5. The highest BCUT2D eigenvalue weighted by Gasteiger charge is 2.28. The number of methoxy groups -OCH3 is 1. The van der Waals surface area contributed by atoms with Gasteiger partial charge < -0.3 is 14.4 Å². The summed E-state index contributed by atoms with van der Waals surface area (Å²) in [7, 11) is 5.39. The summed E-state index contributed by atoms with van der Waals surface area (Å²) in [4.78, 5) is 34.9. The fraction of sp³-hybridized carbons (Fsp3) is 0.650. The number of rotatable bonds is 7. The molecule has 0 saturated carbocycles. The van der Waals surface area contributed by atoms with E-state index in [9.17, 15) is 9.59 Å². The Morgan fingerprint density at radius 2 is 2.14 bits per heavy atom. The lowest BCUT2D eigenvalue weighted by molar-refractivity contribution is -0.148. The highest BCUT2D eigenvalue weighted by atomic mass is 32.1. The Morgan fingerprint density at radius 1 is 1.39 bits per heavy atom. The SMILES string of the molecule is COCCOC(=O)C(C)n1c(CN(C)C)nc2sc3c(c2c1=O)CCC(C)C3. The number of thiophene rings is 1. The van der Waals surface area contributed by atoms with Crippen LogP contribution >= 0.6 is 11.3 Å². The molecule has 0 saturated heterocycles. The molecule has 2 atom stereocenters. The second kappa shape index (κ2) is 8.71. The van der Waals surface area contributed by atoms with E-state index in [0.717, 1.165) is 29.7 Å². The molecule has 7 nitrogen and oxygen atoms in total. The van der Waals surface area contributed by atoms with Crippen molar-refractivity contribution in [2.75, 3.05) is 34.4 Å². The summed E-state index contributed by atoms with van der Waals surface area (Å²) in [5, 5.41) is 0.686. The molecule has 2 aromatic rings. The zero-order valence-electron chi connectivity index (χ0n) is 17.3. The second-order valence-electron chi connectivity index (χ2n) is 7.81. The molecule has 0 spiro atoms. The normalized spacial score (nSPS) is 17.7. The van der Waals surface area contributed by atoms with Crippen LogP contribution in [0.3, 0.4) is 0 Å². The first-order valence-electron chi connectivity index (χ1n) is 9.69. The van der Waals surface area contributed by atoms with E-state index in [2.05, 4.69) is 6.92 Å². The molecule has 0 N–H and O–H groups in total. The summed E-state index contributed by atoms with van der Waals surface area (Å²) in [6.07, 6.45) is 2.97. The van der Waals surface area contributed by atoms with Crippen molar-refractivity contribution in [1.29, 1.82) is 0 Å². The van der Waals surface area contributed by atoms with Crippen LogP contribution in [0.2, 0.25) is 0 Å². The van der Waals surface area contributed by atoms with Gasteiger partial charge in [-0.3, -0.25) is 9.36 Å². The summed E-state index contributed by atoms with van der Waals surface area (Å²) in [6.45, 7) is 4.91. The quantitative estimate of drug-likeness (QED) is 0.518. The van der Waals surface area contributed by atoms with E-state index in [1.165, 1.54) is 9.44 Å². The van der Waals surface area contributed by atoms with Crippen LogP contribution in [0.1, 0.15) is 42.6 Å². The number of fused-ring (bicyclic) bond motifs is 3. The average Bonchev–Trinajstić information content (AvgIpc) is 2.98. The number of esters is 1. The zero-order chi connectivity index (χ0) is 20.4. The lowest BCUT2D eigenvalue weighted by Gasteiger charge is -2.21. The Balaban J connectivity index is 2.09. The third-order valence-electron chi connectivity index (χ3n) is 5.15. The van der Waals surface area contributed by atoms with Crippen molar-refractivity contribution >= 4 is 27.5 Å². The van der Waals surface area contributed by atoms with E-state index < -0.39 is 12.0 Å². The summed E-state index contributed by atoms with van der Waals surface area (Å²) in [6, 6.07) is -0.741. The van der Waals surface area contributed by atoms with E-state index in [1.807, 2.05) is 19.0 Å². The van der Waals surface area contributed by atoms with E-state index in [0.29, 0.717) is 30.3 Å². The molecule has 1 aliphatic rings. The van der Waals surface area contributed by atoms with Crippen molar-refractivity contribution < 1.29 is 14.3 Å².